The highest BCUT2D eigenvalue weighted by atomic mass is 79.9. The average Bonchev–Trinajstić information content (AvgIpc) is 2.90. The monoisotopic (exact) mass is 647 g/mol. The number of nitrogens with zero attached hydrogens (tertiary/aromatic N) is 2. The molecule has 0 spiro atoms. The van der Waals surface area contributed by atoms with Gasteiger partial charge in [0.05, 0.1) is 11.9 Å². The number of nitrogens with one attached hydrogen (secondary N) is 1. The summed E-state index contributed by atoms with van der Waals surface area (Å²) in [6.45, 7) is 5.77. The minimum atomic E-state index is -3.87. The van der Waals surface area contributed by atoms with E-state index in [0.717, 1.165) is 26.2 Å². The molecule has 0 aliphatic carbocycles. The van der Waals surface area contributed by atoms with Crippen molar-refractivity contribution in [3.63, 3.8) is 0 Å². The first-order valence-electron chi connectivity index (χ1n) is 12.9. The van der Waals surface area contributed by atoms with Gasteiger partial charge in [0, 0.05) is 29.0 Å². The zero-order valence-electron chi connectivity index (χ0n) is 23.1. The maximum absolute atomic E-state index is 14.1. The highest BCUT2D eigenvalue weighted by molar-refractivity contribution is 9.10. The molecule has 0 heterocycles. The van der Waals surface area contributed by atoms with E-state index in [2.05, 4.69) is 21.2 Å². The van der Waals surface area contributed by atoms with E-state index in [0.29, 0.717) is 22.8 Å². The lowest BCUT2D eigenvalue weighted by Crippen LogP contribution is -2.53. The van der Waals surface area contributed by atoms with Crippen LogP contribution in [0, 0.1) is 12.8 Å². The number of rotatable bonds is 12. The van der Waals surface area contributed by atoms with Gasteiger partial charge in [0.15, 0.2) is 0 Å². The first-order chi connectivity index (χ1) is 18.9. The van der Waals surface area contributed by atoms with Crippen molar-refractivity contribution in [2.45, 2.75) is 39.8 Å². The van der Waals surface area contributed by atoms with E-state index in [1.165, 1.54) is 4.90 Å². The number of carbonyl (C=O) groups excluding carboxylic acids is 2. The largest absolute Gasteiger partial charge is 0.354 e. The Morgan fingerprint density at radius 2 is 1.60 bits per heavy atom. The van der Waals surface area contributed by atoms with Crippen LogP contribution in [0.2, 0.25) is 5.02 Å². The highest BCUT2D eigenvalue weighted by Gasteiger charge is 2.33. The summed E-state index contributed by atoms with van der Waals surface area (Å²) in [6.07, 6.45) is 1.32. The smallest absolute Gasteiger partial charge is 0.244 e. The van der Waals surface area contributed by atoms with Gasteiger partial charge < -0.3 is 10.2 Å². The molecule has 3 aromatic carbocycles. The predicted octanol–water partition coefficient (Wildman–Crippen LogP) is 5.59. The summed E-state index contributed by atoms with van der Waals surface area (Å²) in [7, 11) is -3.87. The summed E-state index contributed by atoms with van der Waals surface area (Å²) in [5.41, 5.74) is 2.54. The third-order valence-corrected chi connectivity index (χ3v) is 8.47. The van der Waals surface area contributed by atoms with Crippen molar-refractivity contribution in [3.8, 4) is 0 Å². The van der Waals surface area contributed by atoms with Crippen LogP contribution in [0.15, 0.2) is 77.3 Å². The van der Waals surface area contributed by atoms with Crippen LogP contribution in [-0.2, 0) is 32.6 Å². The molecular weight excluding hydrogens is 614 g/mol. The molecule has 0 aliphatic heterocycles. The van der Waals surface area contributed by atoms with Crippen LogP contribution >= 0.6 is 27.5 Å². The fraction of sp³-hybridized carbons (Fsp3) is 0.333. The summed E-state index contributed by atoms with van der Waals surface area (Å²) >= 11 is 9.73. The van der Waals surface area contributed by atoms with Gasteiger partial charge in [0.25, 0.3) is 0 Å². The van der Waals surface area contributed by atoms with E-state index in [4.69, 9.17) is 11.6 Å². The van der Waals surface area contributed by atoms with E-state index in [1.807, 2.05) is 68.4 Å². The number of anilines is 1. The number of hydrogen-bond acceptors (Lipinski definition) is 4. The normalized spacial score (nSPS) is 12.2. The van der Waals surface area contributed by atoms with Crippen LogP contribution in [0.4, 0.5) is 5.69 Å². The van der Waals surface area contributed by atoms with E-state index in [9.17, 15) is 18.0 Å². The highest BCUT2D eigenvalue weighted by Crippen LogP contribution is 2.28. The summed E-state index contributed by atoms with van der Waals surface area (Å²) in [5.74, 6) is -0.593. The maximum atomic E-state index is 14.1. The zero-order valence-corrected chi connectivity index (χ0v) is 26.3. The van der Waals surface area contributed by atoms with Crippen molar-refractivity contribution in [1.82, 2.24) is 10.2 Å². The van der Waals surface area contributed by atoms with Gasteiger partial charge in [-0.2, -0.15) is 0 Å². The molecular formula is C30H35BrClN3O4S. The Labute approximate surface area is 250 Å². The molecule has 0 saturated carbocycles. The van der Waals surface area contributed by atoms with Crippen LogP contribution in [-0.4, -0.2) is 50.5 Å². The van der Waals surface area contributed by atoms with Crippen molar-refractivity contribution in [3.05, 3.63) is 99.0 Å². The van der Waals surface area contributed by atoms with Gasteiger partial charge in [0.1, 0.15) is 12.6 Å². The summed E-state index contributed by atoms with van der Waals surface area (Å²) in [6, 6.07) is 21.0. The lowest BCUT2D eigenvalue weighted by molar-refractivity contribution is -0.140. The Bertz CT molecular complexity index is 1420. The van der Waals surface area contributed by atoms with E-state index >= 15 is 0 Å². The molecule has 1 N–H and O–H groups in total. The Morgan fingerprint density at radius 1 is 0.950 bits per heavy atom. The second-order valence-corrected chi connectivity index (χ2v) is 13.4. The molecule has 2 amide bonds. The standard InChI is InChI=1S/C30H35BrClN3O4S/c1-21(2)18-33-30(37)28(17-23-9-6-5-7-10-23)34(19-24-13-15-25(31)16-14-24)29(36)20-35(40(4,38)39)27-12-8-11-26(32)22(27)3/h5-16,21,28H,17-20H2,1-4H3,(H,33,37)/t28-/m0/s1. The fourth-order valence-electron chi connectivity index (χ4n) is 4.22. The van der Waals surface area contributed by atoms with E-state index in [-0.39, 0.29) is 24.8 Å². The topological polar surface area (TPSA) is 86.8 Å². The van der Waals surface area contributed by atoms with E-state index < -0.39 is 28.5 Å². The number of halogens is 2. The van der Waals surface area contributed by atoms with Crippen LogP contribution in [0.3, 0.4) is 0 Å². The lowest BCUT2D eigenvalue weighted by atomic mass is 10.0. The Balaban J connectivity index is 2.07. The summed E-state index contributed by atoms with van der Waals surface area (Å²) in [4.78, 5) is 29.2. The lowest BCUT2D eigenvalue weighted by Gasteiger charge is -2.34. The van der Waals surface area contributed by atoms with Crippen LogP contribution < -0.4 is 9.62 Å². The second-order valence-electron chi connectivity index (χ2n) is 10.1. The Morgan fingerprint density at radius 3 is 2.20 bits per heavy atom. The molecule has 1 atom stereocenters. The molecule has 7 nitrogen and oxygen atoms in total. The minimum absolute atomic E-state index is 0.116. The molecule has 0 saturated heterocycles. The Hall–Kier alpha value is -2.88. The van der Waals surface area contributed by atoms with Crippen molar-refractivity contribution in [1.29, 1.82) is 0 Å². The molecule has 3 rings (SSSR count). The quantitative estimate of drug-likeness (QED) is 0.278. The molecule has 10 heteroatoms. The molecule has 0 fully saturated rings. The number of benzene rings is 3. The average molecular weight is 649 g/mol. The first-order valence-corrected chi connectivity index (χ1v) is 16.0. The third kappa shape index (κ3) is 8.81. The van der Waals surface area contributed by atoms with Crippen LogP contribution in [0.1, 0.15) is 30.5 Å². The molecule has 0 bridgehead atoms. The number of sulfonamides is 1. The first kappa shape index (κ1) is 31.6. The molecule has 0 unspecified atom stereocenters. The molecule has 3 aromatic rings. The minimum Gasteiger partial charge on any atom is -0.354 e. The Kier molecular flexibility index (Phi) is 11.2. The van der Waals surface area contributed by atoms with Gasteiger partial charge in [-0.15, -0.1) is 0 Å². The summed E-state index contributed by atoms with van der Waals surface area (Å²) < 4.78 is 27.8. The van der Waals surface area contributed by atoms with Gasteiger partial charge >= 0.3 is 0 Å². The maximum Gasteiger partial charge on any atom is 0.244 e. The van der Waals surface area contributed by atoms with Crippen molar-refractivity contribution in [2.75, 3.05) is 23.7 Å². The van der Waals surface area contributed by atoms with Gasteiger partial charge in [-0.3, -0.25) is 13.9 Å². The van der Waals surface area contributed by atoms with Crippen LogP contribution in [0.25, 0.3) is 0 Å². The van der Waals surface area contributed by atoms with Gasteiger partial charge in [-0.25, -0.2) is 8.42 Å². The van der Waals surface area contributed by atoms with E-state index in [1.54, 1.807) is 25.1 Å². The fourth-order valence-corrected chi connectivity index (χ4v) is 5.56. The second kappa shape index (κ2) is 14.1. The van der Waals surface area contributed by atoms with Gasteiger partial charge in [-0.1, -0.05) is 89.9 Å². The summed E-state index contributed by atoms with van der Waals surface area (Å²) in [5, 5.41) is 3.36. The van der Waals surface area contributed by atoms with Crippen molar-refractivity contribution in [2.24, 2.45) is 5.92 Å². The number of hydrogen-bond donors (Lipinski definition) is 1. The number of amides is 2. The molecule has 214 valence electrons. The molecule has 0 aliphatic rings. The van der Waals surface area contributed by atoms with Crippen LogP contribution in [0.5, 0.6) is 0 Å². The van der Waals surface area contributed by atoms with Crippen molar-refractivity contribution >= 4 is 55.1 Å². The molecule has 0 aromatic heterocycles. The predicted molar refractivity (Wildman–Crippen MR) is 165 cm³/mol. The SMILES string of the molecule is Cc1c(Cl)cccc1N(CC(=O)N(Cc1ccc(Br)cc1)[C@@H](Cc1ccccc1)C(=O)NCC(C)C)S(C)(=O)=O. The molecule has 0 radical (unpaired) electrons. The third-order valence-electron chi connectivity index (χ3n) is 6.41. The van der Waals surface area contributed by atoms with Crippen molar-refractivity contribution < 1.29 is 18.0 Å². The number of carbonyl (C=O) groups is 2. The van der Waals surface area contributed by atoms with Gasteiger partial charge in [-0.05, 0) is 53.8 Å². The molecule has 40 heavy (non-hydrogen) atoms. The zero-order chi connectivity index (χ0) is 29.4. The van der Waals surface area contributed by atoms with Gasteiger partial charge in [0.2, 0.25) is 21.8 Å².